The molecule has 0 aliphatic carbocycles. The van der Waals surface area contributed by atoms with Gasteiger partial charge in [-0.2, -0.15) is 0 Å². The minimum Gasteiger partial charge on any atom is -0.234 e. The van der Waals surface area contributed by atoms with Gasteiger partial charge in [0.05, 0.1) is 0 Å². The zero-order valence-electron chi connectivity index (χ0n) is 5.55. The molecular formula is C6H9N2P. The van der Waals surface area contributed by atoms with E-state index in [9.17, 15) is 0 Å². The molecule has 1 aromatic rings. The van der Waals surface area contributed by atoms with Crippen molar-refractivity contribution in [2.75, 3.05) is 0 Å². The number of nitrogens with zero attached hydrogens (tertiary/aromatic N) is 2. The lowest BCUT2D eigenvalue weighted by molar-refractivity contribution is 1.10. The molecule has 0 aliphatic heterocycles. The van der Waals surface area contributed by atoms with Crippen molar-refractivity contribution in [3.8, 4) is 0 Å². The van der Waals surface area contributed by atoms with Crippen molar-refractivity contribution in [3.05, 3.63) is 17.5 Å². The van der Waals surface area contributed by atoms with Crippen LogP contribution in [-0.2, 0) is 0 Å². The maximum atomic E-state index is 4.09. The van der Waals surface area contributed by atoms with Crippen LogP contribution in [0.25, 0.3) is 0 Å². The van der Waals surface area contributed by atoms with Crippen molar-refractivity contribution in [1.82, 2.24) is 9.97 Å². The molecule has 0 amide bonds. The number of rotatable bonds is 0. The molecule has 1 heterocycles. The fraction of sp³-hybridized carbons (Fsp3) is 0.333. The van der Waals surface area contributed by atoms with Crippen molar-refractivity contribution in [1.29, 1.82) is 0 Å². The molecule has 1 rings (SSSR count). The summed E-state index contributed by atoms with van der Waals surface area (Å²) in [5.74, 6) is 0. The summed E-state index contributed by atoms with van der Waals surface area (Å²) in [6.07, 6.45) is 0. The van der Waals surface area contributed by atoms with Gasteiger partial charge in [-0.15, -0.1) is 0 Å². The van der Waals surface area contributed by atoms with Gasteiger partial charge in [0.2, 0.25) is 0 Å². The van der Waals surface area contributed by atoms with Crippen LogP contribution in [0.1, 0.15) is 11.4 Å². The lowest BCUT2D eigenvalue weighted by Crippen LogP contribution is -2.06. The highest BCUT2D eigenvalue weighted by Gasteiger charge is 1.90. The highest BCUT2D eigenvalue weighted by molar-refractivity contribution is 7.26. The van der Waals surface area contributed by atoms with Gasteiger partial charge in [0.25, 0.3) is 0 Å². The first-order chi connectivity index (χ1) is 4.18. The molecule has 0 saturated heterocycles. The van der Waals surface area contributed by atoms with Gasteiger partial charge in [-0.1, -0.05) is 9.24 Å². The highest BCUT2D eigenvalue weighted by atomic mass is 31.0. The van der Waals surface area contributed by atoms with Crippen LogP contribution in [0.15, 0.2) is 6.07 Å². The molecule has 9 heavy (non-hydrogen) atoms. The van der Waals surface area contributed by atoms with Crippen LogP contribution in [0.3, 0.4) is 0 Å². The van der Waals surface area contributed by atoms with Crippen molar-refractivity contribution in [3.63, 3.8) is 0 Å². The first-order valence-electron chi connectivity index (χ1n) is 2.76. The summed E-state index contributed by atoms with van der Waals surface area (Å²) < 4.78 is 0. The smallest absolute Gasteiger partial charge is 0.144 e. The lowest BCUT2D eigenvalue weighted by atomic mass is 10.4. The Balaban J connectivity index is 3.17. The number of hydrogen-bond acceptors (Lipinski definition) is 2. The summed E-state index contributed by atoms with van der Waals surface area (Å²) >= 11 is 0. The molecule has 1 aromatic heterocycles. The molecule has 0 aromatic carbocycles. The number of hydrogen-bond donors (Lipinski definition) is 0. The van der Waals surface area contributed by atoms with Crippen molar-refractivity contribution >= 4 is 14.8 Å². The largest absolute Gasteiger partial charge is 0.234 e. The van der Waals surface area contributed by atoms with Crippen LogP contribution in [0.2, 0.25) is 0 Å². The van der Waals surface area contributed by atoms with Gasteiger partial charge in [-0.25, -0.2) is 9.97 Å². The summed E-state index contributed by atoms with van der Waals surface area (Å²) in [5, 5.41) is 0. The van der Waals surface area contributed by atoms with E-state index in [1.165, 1.54) is 0 Å². The summed E-state index contributed by atoms with van der Waals surface area (Å²) in [4.78, 5) is 8.17. The minimum atomic E-state index is 0.771. The molecule has 1 unspecified atom stereocenters. The average molecular weight is 140 g/mol. The third-order valence-electron chi connectivity index (χ3n) is 1.000. The molecule has 0 fully saturated rings. The van der Waals surface area contributed by atoms with Gasteiger partial charge < -0.3 is 0 Å². The highest BCUT2D eigenvalue weighted by Crippen LogP contribution is 1.93. The van der Waals surface area contributed by atoms with E-state index in [0.29, 0.717) is 0 Å². The van der Waals surface area contributed by atoms with E-state index in [1.54, 1.807) is 0 Å². The Labute approximate surface area is 56.9 Å². The minimum absolute atomic E-state index is 0.771. The quantitative estimate of drug-likeness (QED) is 0.493. The van der Waals surface area contributed by atoms with E-state index < -0.39 is 0 Å². The molecule has 0 spiro atoms. The van der Waals surface area contributed by atoms with E-state index >= 15 is 0 Å². The molecule has 3 heteroatoms. The Hall–Kier alpha value is -0.490. The molecule has 48 valence electrons. The van der Waals surface area contributed by atoms with Gasteiger partial charge in [-0.3, -0.25) is 0 Å². The zero-order chi connectivity index (χ0) is 6.85. The summed E-state index contributed by atoms with van der Waals surface area (Å²) in [5.41, 5.74) is 2.81. The second-order valence-electron chi connectivity index (χ2n) is 2.01. The normalized spacial score (nSPS) is 9.67. The number of aromatic nitrogens is 2. The first kappa shape index (κ1) is 6.63. The van der Waals surface area contributed by atoms with Crippen LogP contribution in [0, 0.1) is 13.8 Å². The number of aryl methyl sites for hydroxylation is 2. The molecule has 0 aliphatic rings. The Kier molecular flexibility index (Phi) is 1.77. The second kappa shape index (κ2) is 2.40. The monoisotopic (exact) mass is 140 g/mol. The molecule has 0 bridgehead atoms. The summed E-state index contributed by atoms with van der Waals surface area (Å²) in [6.45, 7) is 3.92. The fourth-order valence-electron chi connectivity index (χ4n) is 0.753. The summed E-state index contributed by atoms with van der Waals surface area (Å²) in [7, 11) is 2.48. The van der Waals surface area contributed by atoms with Crippen LogP contribution >= 0.6 is 9.24 Å². The predicted molar refractivity (Wildman–Crippen MR) is 40.9 cm³/mol. The topological polar surface area (TPSA) is 25.8 Å². The van der Waals surface area contributed by atoms with E-state index in [1.807, 2.05) is 19.9 Å². The Morgan fingerprint density at radius 2 is 1.67 bits per heavy atom. The Morgan fingerprint density at radius 1 is 1.22 bits per heavy atom. The second-order valence-corrected chi connectivity index (χ2v) is 2.53. The van der Waals surface area contributed by atoms with Crippen LogP contribution in [-0.4, -0.2) is 9.97 Å². The summed E-state index contributed by atoms with van der Waals surface area (Å²) in [6, 6.07) is 1.95. The van der Waals surface area contributed by atoms with Gasteiger partial charge in [0.15, 0.2) is 0 Å². The standard InChI is InChI=1S/C6H9N2P/c1-4-3-5(2)8-6(9)7-4/h3H,9H2,1-2H3. The molecule has 2 nitrogen and oxygen atoms in total. The first-order valence-corrected chi connectivity index (χ1v) is 3.34. The maximum absolute atomic E-state index is 4.09. The van der Waals surface area contributed by atoms with E-state index in [0.717, 1.165) is 17.0 Å². The van der Waals surface area contributed by atoms with Crippen LogP contribution in [0.4, 0.5) is 0 Å². The third kappa shape index (κ3) is 1.72. The average Bonchev–Trinajstić information content (AvgIpc) is 1.59. The predicted octanol–water partition coefficient (Wildman–Crippen LogP) is 0.594. The third-order valence-corrected chi connectivity index (χ3v) is 1.26. The van der Waals surface area contributed by atoms with Crippen LogP contribution < -0.4 is 5.57 Å². The van der Waals surface area contributed by atoms with Crippen molar-refractivity contribution in [2.24, 2.45) is 0 Å². The van der Waals surface area contributed by atoms with E-state index in [2.05, 4.69) is 19.2 Å². The molecule has 0 N–H and O–H groups in total. The Morgan fingerprint density at radius 3 is 2.00 bits per heavy atom. The molecule has 0 radical (unpaired) electrons. The Bertz CT molecular complexity index is 172. The molecule has 0 saturated carbocycles. The molecule has 1 atom stereocenters. The SMILES string of the molecule is Cc1cc(C)nc(P)n1. The van der Waals surface area contributed by atoms with Crippen molar-refractivity contribution < 1.29 is 0 Å². The van der Waals surface area contributed by atoms with E-state index in [-0.39, 0.29) is 0 Å². The van der Waals surface area contributed by atoms with Gasteiger partial charge in [-0.05, 0) is 19.9 Å². The fourth-order valence-corrected chi connectivity index (χ4v) is 1.16. The van der Waals surface area contributed by atoms with Crippen LogP contribution in [0.5, 0.6) is 0 Å². The maximum Gasteiger partial charge on any atom is 0.144 e. The molecular weight excluding hydrogens is 131 g/mol. The van der Waals surface area contributed by atoms with Crippen molar-refractivity contribution in [2.45, 2.75) is 13.8 Å². The van der Waals surface area contributed by atoms with Gasteiger partial charge >= 0.3 is 0 Å². The lowest BCUT2D eigenvalue weighted by Gasteiger charge is -1.95. The van der Waals surface area contributed by atoms with E-state index in [4.69, 9.17) is 0 Å². The van der Waals surface area contributed by atoms with Gasteiger partial charge in [0.1, 0.15) is 5.57 Å². The zero-order valence-corrected chi connectivity index (χ0v) is 6.70. The van der Waals surface area contributed by atoms with Gasteiger partial charge in [0, 0.05) is 11.4 Å².